The van der Waals surface area contributed by atoms with Gasteiger partial charge in [0.1, 0.15) is 17.4 Å². The van der Waals surface area contributed by atoms with E-state index in [0.29, 0.717) is 101 Å². The molecule has 2 bridgehead atoms. The van der Waals surface area contributed by atoms with Crippen molar-refractivity contribution in [2.75, 3.05) is 62.2 Å². The second-order valence-electron chi connectivity index (χ2n) is 18.6. The van der Waals surface area contributed by atoms with Gasteiger partial charge < -0.3 is 46.8 Å². The molecule has 0 spiro atoms. The molecule has 3 aromatic rings. The van der Waals surface area contributed by atoms with E-state index in [4.69, 9.17) is 17.2 Å². The average molecular weight is 898 g/mol. The number of nitrogens with zero attached hydrogens (tertiary/aromatic N) is 6. The number of para-hydroxylation sites is 1. The standard InChI is InChI=1S/C50H59N9O7/c1-30-36(8-5-9-41(30)58-33-12-13-34(58)29-57(28-33)43(46(52)53)27-40(51)38-7-2-3-10-44(38)61)48(64)56-24-22-55(23-25-56)47(63)31-18-20-54(21-19-31)32-14-16-37-39(26-32)50(66)59(49(37)65)42-17-15-35(60)6-4-11-45(42)62/h2-3,5,7-10,14,16,26-27,31,33-34,42,61H,4,6,11-13,15,17-25,28-29,51-53H2,1H3/b40-27-. The summed E-state index contributed by atoms with van der Waals surface area (Å²) in [5.74, 6) is -1.03. The predicted molar refractivity (Wildman–Crippen MR) is 249 cm³/mol. The van der Waals surface area contributed by atoms with Crippen molar-refractivity contribution < 1.29 is 33.9 Å². The molecular formula is C50H59N9O7. The van der Waals surface area contributed by atoms with Crippen LogP contribution in [0.2, 0.25) is 0 Å². The van der Waals surface area contributed by atoms with E-state index >= 15 is 0 Å². The zero-order valence-electron chi connectivity index (χ0n) is 37.5. The monoisotopic (exact) mass is 897 g/mol. The largest absolute Gasteiger partial charge is 0.507 e. The zero-order valence-corrected chi connectivity index (χ0v) is 37.5. The predicted octanol–water partition coefficient (Wildman–Crippen LogP) is 3.71. The minimum Gasteiger partial charge on any atom is -0.507 e. The first-order valence-electron chi connectivity index (χ1n) is 23.3. The highest BCUT2D eigenvalue weighted by molar-refractivity contribution is 6.23. The van der Waals surface area contributed by atoms with Crippen LogP contribution in [0.25, 0.3) is 5.70 Å². The lowest BCUT2D eigenvalue weighted by molar-refractivity contribution is -0.137. The number of fused-ring (bicyclic) bond motifs is 3. The second-order valence-corrected chi connectivity index (χ2v) is 18.6. The Morgan fingerprint density at radius 1 is 0.697 bits per heavy atom. The molecule has 9 rings (SSSR count). The maximum Gasteiger partial charge on any atom is 0.262 e. The number of carbonyl (C=O) groups is 6. The lowest BCUT2D eigenvalue weighted by atomic mass is 9.93. The molecule has 5 fully saturated rings. The van der Waals surface area contributed by atoms with Gasteiger partial charge in [-0.15, -0.1) is 0 Å². The van der Waals surface area contributed by atoms with Crippen molar-refractivity contribution in [2.24, 2.45) is 23.1 Å². The van der Waals surface area contributed by atoms with Gasteiger partial charge in [-0.1, -0.05) is 18.2 Å². The smallest absolute Gasteiger partial charge is 0.262 e. The zero-order chi connectivity index (χ0) is 46.4. The van der Waals surface area contributed by atoms with Crippen LogP contribution in [-0.4, -0.2) is 130 Å². The van der Waals surface area contributed by atoms with Crippen molar-refractivity contribution in [1.82, 2.24) is 19.6 Å². The van der Waals surface area contributed by atoms with Crippen LogP contribution in [0, 0.1) is 12.8 Å². The normalized spacial score (nSPS) is 23.0. The molecule has 16 heteroatoms. The number of hydrogen-bond acceptors (Lipinski definition) is 13. The number of piperazine rings is 2. The first-order chi connectivity index (χ1) is 31.8. The van der Waals surface area contributed by atoms with Gasteiger partial charge in [-0.05, 0) is 99.6 Å². The van der Waals surface area contributed by atoms with Crippen molar-refractivity contribution in [3.8, 4) is 5.75 Å². The molecule has 1 saturated carbocycles. The maximum atomic E-state index is 14.2. The second kappa shape index (κ2) is 18.2. The number of allylic oxidation sites excluding steroid dienone is 1. The third kappa shape index (κ3) is 8.32. The number of amides is 4. The Kier molecular flexibility index (Phi) is 12.2. The van der Waals surface area contributed by atoms with Crippen LogP contribution in [0.15, 0.2) is 78.3 Å². The van der Waals surface area contributed by atoms with E-state index in [0.717, 1.165) is 34.7 Å². The maximum absolute atomic E-state index is 14.2. The van der Waals surface area contributed by atoms with Gasteiger partial charge in [0.15, 0.2) is 5.78 Å². The van der Waals surface area contributed by atoms with E-state index in [-0.39, 0.29) is 83.3 Å². The molecule has 3 aromatic carbocycles. The quantitative estimate of drug-likeness (QED) is 0.188. The van der Waals surface area contributed by atoms with Gasteiger partial charge in [-0.25, -0.2) is 0 Å². The van der Waals surface area contributed by atoms with Crippen LogP contribution in [0.1, 0.15) is 100.0 Å². The van der Waals surface area contributed by atoms with Crippen molar-refractivity contribution >= 4 is 52.3 Å². The van der Waals surface area contributed by atoms with Gasteiger partial charge >= 0.3 is 0 Å². The summed E-state index contributed by atoms with van der Waals surface area (Å²) < 4.78 is 0. The summed E-state index contributed by atoms with van der Waals surface area (Å²) in [5, 5.41) is 10.4. The molecule has 0 aromatic heterocycles. The van der Waals surface area contributed by atoms with E-state index in [2.05, 4.69) is 20.8 Å². The van der Waals surface area contributed by atoms with Crippen molar-refractivity contribution in [2.45, 2.75) is 82.8 Å². The van der Waals surface area contributed by atoms with Crippen LogP contribution in [-0.2, 0) is 14.4 Å². The third-order valence-electron chi connectivity index (χ3n) is 14.7. The number of benzene rings is 3. The number of rotatable bonds is 8. The van der Waals surface area contributed by atoms with Crippen molar-refractivity contribution in [3.05, 3.63) is 106 Å². The fraction of sp³-hybridized carbons (Fsp3) is 0.440. The summed E-state index contributed by atoms with van der Waals surface area (Å²) in [6.45, 7) is 6.30. The first-order valence-corrected chi connectivity index (χ1v) is 23.3. The number of carbonyl (C=O) groups excluding carboxylic acids is 6. The van der Waals surface area contributed by atoms with Gasteiger partial charge in [0.25, 0.3) is 17.7 Å². The minimum atomic E-state index is -0.931. The van der Waals surface area contributed by atoms with Crippen LogP contribution in [0.5, 0.6) is 5.75 Å². The van der Waals surface area contributed by atoms with Crippen molar-refractivity contribution in [3.63, 3.8) is 0 Å². The molecule has 1 aliphatic carbocycles. The van der Waals surface area contributed by atoms with E-state index in [1.165, 1.54) is 0 Å². The highest BCUT2D eigenvalue weighted by Crippen LogP contribution is 2.40. The molecule has 66 heavy (non-hydrogen) atoms. The number of imide groups is 1. The van der Waals surface area contributed by atoms with E-state index < -0.39 is 17.9 Å². The Balaban J connectivity index is 0.787. The number of nitrogens with two attached hydrogens (primary N) is 3. The average Bonchev–Trinajstić information content (AvgIpc) is 3.72. The fourth-order valence-corrected chi connectivity index (χ4v) is 11.1. The van der Waals surface area contributed by atoms with Gasteiger partial charge in [0, 0.05) is 118 Å². The molecule has 6 aliphatic rings. The Hall–Kier alpha value is -6.84. The topological polar surface area (TPSA) is 220 Å². The highest BCUT2D eigenvalue weighted by Gasteiger charge is 2.44. The summed E-state index contributed by atoms with van der Waals surface area (Å²) in [5.41, 5.74) is 24.3. The number of phenols is 1. The molecule has 16 nitrogen and oxygen atoms in total. The van der Waals surface area contributed by atoms with Gasteiger partial charge in [-0.3, -0.25) is 33.7 Å². The van der Waals surface area contributed by atoms with Crippen LogP contribution < -0.4 is 27.0 Å². The molecule has 4 amide bonds. The Morgan fingerprint density at radius 3 is 2.06 bits per heavy atom. The lowest BCUT2D eigenvalue weighted by Gasteiger charge is -2.44. The number of likely N-dealkylation sites (tertiary alicyclic amines) is 1. The van der Waals surface area contributed by atoms with Gasteiger partial charge in [0.05, 0.1) is 22.9 Å². The Morgan fingerprint density at radius 2 is 1.36 bits per heavy atom. The number of phenolic OH excluding ortho intramolecular Hbond substituents is 1. The fourth-order valence-electron chi connectivity index (χ4n) is 11.1. The number of hydrogen-bond donors (Lipinski definition) is 4. The Bertz CT molecular complexity index is 2520. The van der Waals surface area contributed by atoms with Crippen LogP contribution in [0.4, 0.5) is 11.4 Å². The lowest BCUT2D eigenvalue weighted by Crippen LogP contribution is -2.54. The molecule has 0 radical (unpaired) electrons. The molecule has 5 aliphatic heterocycles. The molecule has 3 atom stereocenters. The molecule has 5 heterocycles. The van der Waals surface area contributed by atoms with Gasteiger partial charge in [0.2, 0.25) is 5.91 Å². The molecule has 346 valence electrons. The summed E-state index contributed by atoms with van der Waals surface area (Å²) in [6.07, 6.45) is 6.19. The third-order valence-corrected chi connectivity index (χ3v) is 14.7. The molecule has 3 unspecified atom stereocenters. The van der Waals surface area contributed by atoms with E-state index in [1.807, 2.05) is 34.9 Å². The Labute approximate surface area is 384 Å². The van der Waals surface area contributed by atoms with Crippen LogP contribution in [0.3, 0.4) is 0 Å². The van der Waals surface area contributed by atoms with Crippen LogP contribution >= 0.6 is 0 Å². The SMILES string of the molecule is Cc1c(C(=O)N2CCN(C(=O)C3CCN(c4ccc5c(c4)C(=O)N(C4CCC(=O)CCCC4=O)C5=O)CC3)CC2)cccc1N1C2CCC1CN(C(/C=C(\N)c1ccccc1O)=C(N)N)C2. The van der Waals surface area contributed by atoms with E-state index in [9.17, 15) is 33.9 Å². The summed E-state index contributed by atoms with van der Waals surface area (Å²) in [7, 11) is 0. The molecule has 4 saturated heterocycles. The van der Waals surface area contributed by atoms with Gasteiger partial charge in [-0.2, -0.15) is 0 Å². The summed E-state index contributed by atoms with van der Waals surface area (Å²) in [4.78, 5) is 91.7. The van der Waals surface area contributed by atoms with E-state index in [1.54, 1.807) is 42.5 Å². The number of aromatic hydroxyl groups is 1. The van der Waals surface area contributed by atoms with Crippen molar-refractivity contribution in [1.29, 1.82) is 0 Å². The highest BCUT2D eigenvalue weighted by atomic mass is 16.3. The summed E-state index contributed by atoms with van der Waals surface area (Å²) in [6, 6.07) is 17.4. The first kappa shape index (κ1) is 44.4. The summed E-state index contributed by atoms with van der Waals surface area (Å²) >= 11 is 0. The number of ketones is 2. The number of anilines is 2. The minimum absolute atomic E-state index is 0.0421. The molecule has 7 N–H and O–H groups in total. The number of Topliss-reactive ketones (excluding diaryl/α,β-unsaturated/α-hetero) is 2. The molecular weight excluding hydrogens is 839 g/mol. The number of piperidine rings is 1.